The average molecular weight is 318 g/mol. The molecule has 0 spiro atoms. The predicted octanol–water partition coefficient (Wildman–Crippen LogP) is 3.30. The first kappa shape index (κ1) is 16.8. The van der Waals surface area contributed by atoms with Crippen LogP contribution in [0, 0.1) is 0 Å². The average Bonchev–Trinajstić information content (AvgIpc) is 2.32. The van der Waals surface area contributed by atoms with Crippen LogP contribution in [0.5, 0.6) is 0 Å². The molecule has 0 unspecified atom stereocenters. The molecule has 0 aromatic heterocycles. The first-order valence-electron chi connectivity index (χ1n) is 6.17. The molecule has 0 saturated carbocycles. The zero-order valence-electron chi connectivity index (χ0n) is 11.4. The lowest BCUT2D eigenvalue weighted by Gasteiger charge is -2.25. The summed E-state index contributed by atoms with van der Waals surface area (Å²) in [6.45, 7) is 3.57. The van der Waals surface area contributed by atoms with Gasteiger partial charge in [-0.05, 0) is 31.9 Å². The second-order valence-electron chi connectivity index (χ2n) is 5.22. The standard InChI is InChI=1S/C14H17Cl2NO3/c1-14(2,7-6-12(19)20)17-11(18)8-9-4-3-5-10(15)13(9)16/h3-5H,6-8H2,1-2H3,(H,17,18)(H,19,20). The quantitative estimate of drug-likeness (QED) is 0.846. The van der Waals surface area contributed by atoms with Gasteiger partial charge in [0.25, 0.3) is 0 Å². The van der Waals surface area contributed by atoms with Crippen LogP contribution >= 0.6 is 23.2 Å². The summed E-state index contributed by atoms with van der Waals surface area (Å²) in [5.41, 5.74) is 0.0614. The molecule has 2 N–H and O–H groups in total. The number of benzene rings is 1. The number of carbonyl (C=O) groups is 2. The van der Waals surface area contributed by atoms with E-state index in [9.17, 15) is 9.59 Å². The molecule has 0 heterocycles. The number of hydrogen-bond donors (Lipinski definition) is 2. The Morgan fingerprint density at radius 3 is 2.55 bits per heavy atom. The van der Waals surface area contributed by atoms with Crippen LogP contribution in [0.3, 0.4) is 0 Å². The van der Waals surface area contributed by atoms with Gasteiger partial charge in [0, 0.05) is 12.0 Å². The maximum absolute atomic E-state index is 12.0. The van der Waals surface area contributed by atoms with Crippen LogP contribution in [-0.4, -0.2) is 22.5 Å². The van der Waals surface area contributed by atoms with Crippen molar-refractivity contribution in [1.29, 1.82) is 0 Å². The molecule has 0 aliphatic carbocycles. The van der Waals surface area contributed by atoms with Crippen molar-refractivity contribution in [3.8, 4) is 0 Å². The zero-order chi connectivity index (χ0) is 15.3. The molecule has 4 nitrogen and oxygen atoms in total. The molecule has 0 fully saturated rings. The SMILES string of the molecule is CC(C)(CCC(=O)O)NC(=O)Cc1cccc(Cl)c1Cl. The van der Waals surface area contributed by atoms with Crippen molar-refractivity contribution in [2.45, 2.75) is 38.6 Å². The molecule has 0 bridgehead atoms. The molecule has 0 aliphatic rings. The Hall–Kier alpha value is -1.26. The normalized spacial score (nSPS) is 11.2. The van der Waals surface area contributed by atoms with Gasteiger partial charge >= 0.3 is 5.97 Å². The van der Waals surface area contributed by atoms with E-state index in [0.717, 1.165) is 0 Å². The number of carboxylic acids is 1. The number of carboxylic acid groups (broad SMARTS) is 1. The van der Waals surface area contributed by atoms with E-state index in [1.165, 1.54) is 0 Å². The van der Waals surface area contributed by atoms with Gasteiger partial charge in [0.05, 0.1) is 16.5 Å². The van der Waals surface area contributed by atoms with Gasteiger partial charge in [-0.25, -0.2) is 0 Å². The maximum atomic E-state index is 12.0. The Kier molecular flexibility index (Phi) is 5.84. The van der Waals surface area contributed by atoms with Gasteiger partial charge in [0.2, 0.25) is 5.91 Å². The van der Waals surface area contributed by atoms with Crippen molar-refractivity contribution in [2.75, 3.05) is 0 Å². The van der Waals surface area contributed by atoms with Gasteiger partial charge in [0.1, 0.15) is 0 Å². The minimum atomic E-state index is -0.884. The fourth-order valence-corrected chi connectivity index (χ4v) is 2.15. The smallest absolute Gasteiger partial charge is 0.303 e. The van der Waals surface area contributed by atoms with Gasteiger partial charge < -0.3 is 10.4 Å². The fraction of sp³-hybridized carbons (Fsp3) is 0.429. The van der Waals surface area contributed by atoms with Crippen LogP contribution in [0.1, 0.15) is 32.3 Å². The van der Waals surface area contributed by atoms with Crippen molar-refractivity contribution in [3.05, 3.63) is 33.8 Å². The van der Waals surface area contributed by atoms with E-state index < -0.39 is 11.5 Å². The summed E-state index contributed by atoms with van der Waals surface area (Å²) < 4.78 is 0. The Morgan fingerprint density at radius 2 is 1.95 bits per heavy atom. The summed E-state index contributed by atoms with van der Waals surface area (Å²) in [6, 6.07) is 5.12. The summed E-state index contributed by atoms with van der Waals surface area (Å²) >= 11 is 11.9. The number of carbonyl (C=O) groups excluding carboxylic acids is 1. The molecule has 1 aromatic carbocycles. The highest BCUT2D eigenvalue weighted by Crippen LogP contribution is 2.26. The number of amides is 1. The Bertz CT molecular complexity index is 515. The van der Waals surface area contributed by atoms with Crippen molar-refractivity contribution in [2.24, 2.45) is 0 Å². The Morgan fingerprint density at radius 1 is 1.30 bits per heavy atom. The molecular formula is C14H17Cl2NO3. The van der Waals surface area contributed by atoms with Crippen LogP contribution in [0.2, 0.25) is 10.0 Å². The minimum Gasteiger partial charge on any atom is -0.481 e. The van der Waals surface area contributed by atoms with Gasteiger partial charge in [-0.3, -0.25) is 9.59 Å². The summed E-state index contributed by atoms with van der Waals surface area (Å²) in [5.74, 6) is -1.10. The third-order valence-electron chi connectivity index (χ3n) is 2.82. The van der Waals surface area contributed by atoms with E-state index in [2.05, 4.69) is 5.32 Å². The molecule has 0 aliphatic heterocycles. The second kappa shape index (κ2) is 6.95. The van der Waals surface area contributed by atoms with Crippen LogP contribution in [0.4, 0.5) is 0 Å². The molecule has 1 aromatic rings. The highest BCUT2D eigenvalue weighted by atomic mass is 35.5. The molecule has 6 heteroatoms. The zero-order valence-corrected chi connectivity index (χ0v) is 12.9. The first-order chi connectivity index (χ1) is 9.21. The van der Waals surface area contributed by atoms with Crippen molar-refractivity contribution < 1.29 is 14.7 Å². The van der Waals surface area contributed by atoms with E-state index in [-0.39, 0.29) is 18.7 Å². The number of nitrogens with one attached hydrogen (secondary N) is 1. The molecule has 1 rings (SSSR count). The van der Waals surface area contributed by atoms with Crippen molar-refractivity contribution in [3.63, 3.8) is 0 Å². The van der Waals surface area contributed by atoms with Crippen LogP contribution < -0.4 is 5.32 Å². The van der Waals surface area contributed by atoms with Gasteiger partial charge in [-0.1, -0.05) is 35.3 Å². The monoisotopic (exact) mass is 317 g/mol. The van der Waals surface area contributed by atoms with Gasteiger partial charge in [-0.15, -0.1) is 0 Å². The Balaban J connectivity index is 2.63. The summed E-state index contributed by atoms with van der Waals surface area (Å²) in [5, 5.41) is 12.2. The predicted molar refractivity (Wildman–Crippen MR) is 79.3 cm³/mol. The Labute approximate surface area is 128 Å². The number of aliphatic carboxylic acids is 1. The molecule has 1 amide bonds. The van der Waals surface area contributed by atoms with Crippen LogP contribution in [0.15, 0.2) is 18.2 Å². The third kappa shape index (κ3) is 5.39. The second-order valence-corrected chi connectivity index (χ2v) is 6.00. The molecule has 110 valence electrons. The van der Waals surface area contributed by atoms with E-state index in [1.807, 2.05) is 0 Å². The van der Waals surface area contributed by atoms with Crippen LogP contribution in [0.25, 0.3) is 0 Å². The summed E-state index contributed by atoms with van der Waals surface area (Å²) in [7, 11) is 0. The lowest BCUT2D eigenvalue weighted by atomic mass is 9.98. The molecule has 0 saturated heterocycles. The lowest BCUT2D eigenvalue weighted by Crippen LogP contribution is -2.44. The number of hydrogen-bond acceptors (Lipinski definition) is 2. The number of halogens is 2. The molecule has 0 atom stereocenters. The van der Waals surface area contributed by atoms with Crippen molar-refractivity contribution >= 4 is 35.1 Å². The minimum absolute atomic E-state index is 0.00516. The van der Waals surface area contributed by atoms with Gasteiger partial charge in [-0.2, -0.15) is 0 Å². The van der Waals surface area contributed by atoms with Crippen molar-refractivity contribution in [1.82, 2.24) is 5.32 Å². The fourth-order valence-electron chi connectivity index (χ4n) is 1.76. The topological polar surface area (TPSA) is 66.4 Å². The highest BCUT2D eigenvalue weighted by Gasteiger charge is 2.22. The van der Waals surface area contributed by atoms with Crippen LogP contribution in [-0.2, 0) is 16.0 Å². The van der Waals surface area contributed by atoms with Gasteiger partial charge in [0.15, 0.2) is 0 Å². The molecular weight excluding hydrogens is 301 g/mol. The first-order valence-corrected chi connectivity index (χ1v) is 6.92. The maximum Gasteiger partial charge on any atom is 0.303 e. The van der Waals surface area contributed by atoms with E-state index in [1.54, 1.807) is 32.0 Å². The largest absolute Gasteiger partial charge is 0.481 e. The summed E-state index contributed by atoms with van der Waals surface area (Å²) in [4.78, 5) is 22.5. The lowest BCUT2D eigenvalue weighted by molar-refractivity contribution is -0.137. The molecule has 20 heavy (non-hydrogen) atoms. The van der Waals surface area contributed by atoms with E-state index in [4.69, 9.17) is 28.3 Å². The van der Waals surface area contributed by atoms with E-state index >= 15 is 0 Å². The molecule has 0 radical (unpaired) electrons. The van der Waals surface area contributed by atoms with E-state index in [0.29, 0.717) is 22.0 Å². The third-order valence-corrected chi connectivity index (χ3v) is 3.68. The summed E-state index contributed by atoms with van der Waals surface area (Å²) in [6.07, 6.45) is 0.471. The number of rotatable bonds is 6. The highest BCUT2D eigenvalue weighted by molar-refractivity contribution is 6.42.